The summed E-state index contributed by atoms with van der Waals surface area (Å²) in [5.74, 6) is 1.39. The van der Waals surface area contributed by atoms with E-state index in [1.807, 2.05) is 24.3 Å². The number of rotatable bonds is 9. The first-order chi connectivity index (χ1) is 12.6. The van der Waals surface area contributed by atoms with Gasteiger partial charge in [-0.25, -0.2) is 0 Å². The van der Waals surface area contributed by atoms with Crippen molar-refractivity contribution in [2.24, 2.45) is 11.1 Å². The van der Waals surface area contributed by atoms with Crippen LogP contribution in [0.1, 0.15) is 50.5 Å². The maximum Gasteiger partial charge on any atom is 0.306 e. The number of hydrogen-bond acceptors (Lipinski definition) is 5. The van der Waals surface area contributed by atoms with E-state index in [1.54, 1.807) is 11.8 Å². The number of amides is 1. The Morgan fingerprint density at radius 1 is 1.26 bits per heavy atom. The summed E-state index contributed by atoms with van der Waals surface area (Å²) < 4.78 is 4.64. The fraction of sp³-hybridized carbons (Fsp3) is 0.600. The third-order valence-electron chi connectivity index (χ3n) is 5.04. The molecule has 1 aromatic carbocycles. The lowest BCUT2D eigenvalue weighted by Crippen LogP contribution is -2.36. The molecule has 0 unspecified atom stereocenters. The van der Waals surface area contributed by atoms with Gasteiger partial charge in [-0.05, 0) is 42.5 Å². The van der Waals surface area contributed by atoms with Crippen LogP contribution in [0.3, 0.4) is 0 Å². The van der Waals surface area contributed by atoms with Crippen LogP contribution in [0.2, 0.25) is 0 Å². The molecule has 0 radical (unpaired) electrons. The van der Waals surface area contributed by atoms with E-state index in [-0.39, 0.29) is 29.7 Å². The van der Waals surface area contributed by atoms with Gasteiger partial charge < -0.3 is 15.8 Å². The van der Waals surface area contributed by atoms with Crippen molar-refractivity contribution < 1.29 is 14.3 Å². The molecular weight excluding hydrogens is 384 g/mol. The standard InChI is InChI=1S/C20H30N2O3S.ClH/c1-25-19(24)8-11-26-14-16-6-5-7-17(12-16)22-18(23)13-20(15-21)9-3-2-4-10-20;/h5-7,12H,2-4,8-11,13-15,21H2,1H3,(H,22,23);1H. The molecule has 3 N–H and O–H groups in total. The molecule has 0 atom stereocenters. The van der Waals surface area contributed by atoms with E-state index in [1.165, 1.54) is 26.4 Å². The second-order valence-corrected chi connectivity index (χ2v) is 8.17. The largest absolute Gasteiger partial charge is 0.469 e. The predicted octanol–water partition coefficient (Wildman–Crippen LogP) is 4.14. The minimum absolute atomic E-state index is 0. The quantitative estimate of drug-likeness (QED) is 0.468. The highest BCUT2D eigenvalue weighted by Crippen LogP contribution is 2.38. The molecule has 0 aliphatic heterocycles. The van der Waals surface area contributed by atoms with Crippen LogP contribution in [0.25, 0.3) is 0 Å². The number of halogens is 1. The molecule has 0 aromatic heterocycles. The van der Waals surface area contributed by atoms with E-state index >= 15 is 0 Å². The molecule has 27 heavy (non-hydrogen) atoms. The average Bonchev–Trinajstić information content (AvgIpc) is 2.66. The Kier molecular flexibility index (Phi) is 10.8. The summed E-state index contributed by atoms with van der Waals surface area (Å²) in [5.41, 5.74) is 7.92. The molecule has 2 rings (SSSR count). The van der Waals surface area contributed by atoms with Crippen molar-refractivity contribution in [3.05, 3.63) is 29.8 Å². The van der Waals surface area contributed by atoms with E-state index in [9.17, 15) is 9.59 Å². The zero-order valence-electron chi connectivity index (χ0n) is 16.0. The van der Waals surface area contributed by atoms with E-state index < -0.39 is 0 Å². The Morgan fingerprint density at radius 2 is 2.00 bits per heavy atom. The van der Waals surface area contributed by atoms with Gasteiger partial charge >= 0.3 is 5.97 Å². The molecule has 1 fully saturated rings. The molecule has 0 saturated heterocycles. The summed E-state index contributed by atoms with van der Waals surface area (Å²) >= 11 is 1.68. The van der Waals surface area contributed by atoms with Crippen molar-refractivity contribution in [2.75, 3.05) is 24.7 Å². The SMILES string of the molecule is COC(=O)CCSCc1cccc(NC(=O)CC2(CN)CCCCC2)c1.Cl. The minimum Gasteiger partial charge on any atom is -0.469 e. The summed E-state index contributed by atoms with van der Waals surface area (Å²) in [5, 5.41) is 3.03. The predicted molar refractivity (Wildman–Crippen MR) is 114 cm³/mol. The topological polar surface area (TPSA) is 81.4 Å². The van der Waals surface area contributed by atoms with Crippen LogP contribution in [0.15, 0.2) is 24.3 Å². The third kappa shape index (κ3) is 8.11. The summed E-state index contributed by atoms with van der Waals surface area (Å²) in [6, 6.07) is 7.89. The third-order valence-corrected chi connectivity index (χ3v) is 6.07. The van der Waals surface area contributed by atoms with Crippen molar-refractivity contribution in [3.8, 4) is 0 Å². The number of ether oxygens (including phenoxy) is 1. The number of esters is 1. The molecule has 1 aromatic rings. The van der Waals surface area contributed by atoms with Crippen LogP contribution in [0.5, 0.6) is 0 Å². The monoisotopic (exact) mass is 414 g/mol. The van der Waals surface area contributed by atoms with Gasteiger partial charge in [0.1, 0.15) is 0 Å². The summed E-state index contributed by atoms with van der Waals surface area (Å²) in [4.78, 5) is 23.6. The molecule has 1 aliphatic carbocycles. The number of anilines is 1. The maximum atomic E-state index is 12.5. The van der Waals surface area contributed by atoms with Gasteiger partial charge in [-0.1, -0.05) is 31.4 Å². The lowest BCUT2D eigenvalue weighted by Gasteiger charge is -2.35. The van der Waals surface area contributed by atoms with Crippen molar-refractivity contribution in [2.45, 2.75) is 50.7 Å². The molecule has 1 aliphatic rings. The Morgan fingerprint density at radius 3 is 2.67 bits per heavy atom. The Balaban J connectivity index is 0.00000364. The van der Waals surface area contributed by atoms with Crippen molar-refractivity contribution in [3.63, 3.8) is 0 Å². The van der Waals surface area contributed by atoms with Gasteiger partial charge in [0.2, 0.25) is 5.91 Å². The highest BCUT2D eigenvalue weighted by Gasteiger charge is 2.32. The van der Waals surface area contributed by atoms with Gasteiger partial charge in [0.15, 0.2) is 0 Å². The summed E-state index contributed by atoms with van der Waals surface area (Å²) in [6.45, 7) is 0.581. The first-order valence-corrected chi connectivity index (χ1v) is 10.5. The van der Waals surface area contributed by atoms with Crippen molar-refractivity contribution >= 4 is 41.7 Å². The molecule has 0 bridgehead atoms. The lowest BCUT2D eigenvalue weighted by atomic mass is 9.71. The summed E-state index contributed by atoms with van der Waals surface area (Å²) in [7, 11) is 1.40. The maximum absolute atomic E-state index is 12.5. The number of hydrogen-bond donors (Lipinski definition) is 2. The molecule has 152 valence electrons. The van der Waals surface area contributed by atoms with E-state index in [4.69, 9.17) is 5.73 Å². The van der Waals surface area contributed by atoms with Crippen molar-refractivity contribution in [1.82, 2.24) is 0 Å². The zero-order valence-corrected chi connectivity index (χ0v) is 17.6. The van der Waals surface area contributed by atoms with Crippen LogP contribution >= 0.6 is 24.2 Å². The van der Waals surface area contributed by atoms with Gasteiger partial charge in [0, 0.05) is 23.6 Å². The Hall–Kier alpha value is -1.24. The fourth-order valence-electron chi connectivity index (χ4n) is 3.49. The van der Waals surface area contributed by atoms with Gasteiger partial charge in [0.25, 0.3) is 0 Å². The second-order valence-electron chi connectivity index (χ2n) is 7.07. The highest BCUT2D eigenvalue weighted by molar-refractivity contribution is 7.98. The normalized spacial score (nSPS) is 15.5. The number of methoxy groups -OCH3 is 1. The van der Waals surface area contributed by atoms with Gasteiger partial charge in [-0.3, -0.25) is 9.59 Å². The fourth-order valence-corrected chi connectivity index (χ4v) is 4.36. The summed E-state index contributed by atoms with van der Waals surface area (Å²) in [6.07, 6.45) is 6.60. The van der Waals surface area contributed by atoms with Crippen LogP contribution in [0.4, 0.5) is 5.69 Å². The molecule has 5 nitrogen and oxygen atoms in total. The smallest absolute Gasteiger partial charge is 0.306 e. The van der Waals surface area contributed by atoms with E-state index in [2.05, 4.69) is 10.1 Å². The Labute approximate surface area is 172 Å². The molecule has 7 heteroatoms. The van der Waals surface area contributed by atoms with Crippen LogP contribution in [-0.2, 0) is 20.1 Å². The van der Waals surface area contributed by atoms with Crippen LogP contribution < -0.4 is 11.1 Å². The first kappa shape index (κ1) is 23.8. The Bertz CT molecular complexity index is 607. The van der Waals surface area contributed by atoms with Gasteiger partial charge in [-0.15, -0.1) is 12.4 Å². The molecular formula is C20H31ClN2O3S. The van der Waals surface area contributed by atoms with Crippen molar-refractivity contribution in [1.29, 1.82) is 0 Å². The minimum atomic E-state index is -0.185. The number of benzene rings is 1. The van der Waals surface area contributed by atoms with E-state index in [0.29, 0.717) is 19.4 Å². The number of nitrogens with one attached hydrogen (secondary N) is 1. The first-order valence-electron chi connectivity index (χ1n) is 9.30. The van der Waals surface area contributed by atoms with Gasteiger partial charge in [-0.2, -0.15) is 11.8 Å². The molecule has 0 spiro atoms. The number of carbonyl (C=O) groups is 2. The molecule has 1 saturated carbocycles. The van der Waals surface area contributed by atoms with Crippen LogP contribution in [-0.4, -0.2) is 31.3 Å². The highest BCUT2D eigenvalue weighted by atomic mass is 35.5. The van der Waals surface area contributed by atoms with Crippen LogP contribution in [0, 0.1) is 5.41 Å². The number of thioether (sulfide) groups is 1. The van der Waals surface area contributed by atoms with E-state index in [0.717, 1.165) is 35.6 Å². The number of carbonyl (C=O) groups excluding carboxylic acids is 2. The molecule has 0 heterocycles. The number of nitrogens with two attached hydrogens (primary N) is 1. The lowest BCUT2D eigenvalue weighted by molar-refractivity contribution is -0.140. The second kappa shape index (κ2) is 12.3. The zero-order chi connectivity index (χ0) is 18.8. The average molecular weight is 415 g/mol. The molecule has 1 amide bonds. The van der Waals surface area contributed by atoms with Gasteiger partial charge in [0.05, 0.1) is 13.5 Å².